The third-order valence-corrected chi connectivity index (χ3v) is 2.57. The molecule has 88 valence electrons. The van der Waals surface area contributed by atoms with Gasteiger partial charge in [-0.05, 0) is 18.9 Å². The number of allylic oxidation sites excluding steroid dienone is 3. The van der Waals surface area contributed by atoms with Crippen LogP contribution in [-0.4, -0.2) is 0 Å². The maximum Gasteiger partial charge on any atom is 0.0999 e. The molecular formula is C14H25F. The predicted molar refractivity (Wildman–Crippen MR) is 66.6 cm³/mol. The Morgan fingerprint density at radius 1 is 1.00 bits per heavy atom. The van der Waals surface area contributed by atoms with Crippen molar-refractivity contribution in [3.63, 3.8) is 0 Å². The van der Waals surface area contributed by atoms with E-state index in [1.165, 1.54) is 50.7 Å². The van der Waals surface area contributed by atoms with Crippen molar-refractivity contribution in [1.82, 2.24) is 0 Å². The first-order valence-corrected chi connectivity index (χ1v) is 6.28. The van der Waals surface area contributed by atoms with Crippen LogP contribution in [0.1, 0.15) is 64.7 Å². The van der Waals surface area contributed by atoms with E-state index >= 15 is 0 Å². The van der Waals surface area contributed by atoms with Crippen LogP contribution in [0.15, 0.2) is 24.6 Å². The summed E-state index contributed by atoms with van der Waals surface area (Å²) in [5, 5.41) is 0. The zero-order chi connectivity index (χ0) is 11.4. The fraction of sp³-hybridized carbons (Fsp3) is 0.714. The maximum atomic E-state index is 12.9. The van der Waals surface area contributed by atoms with Crippen LogP contribution in [0, 0.1) is 0 Å². The first-order valence-electron chi connectivity index (χ1n) is 6.28. The van der Waals surface area contributed by atoms with Crippen molar-refractivity contribution < 1.29 is 4.39 Å². The van der Waals surface area contributed by atoms with Gasteiger partial charge in [-0.25, -0.2) is 4.39 Å². The molecule has 0 N–H and O–H groups in total. The standard InChI is InChI=1S/C14H25F/c1-3-5-6-7-8-9-10-11-13-14(15)12-4-2/h4,12H,2-3,5-11,13H2,1H3/b14-12+. The van der Waals surface area contributed by atoms with E-state index in [1.807, 2.05) is 0 Å². The Morgan fingerprint density at radius 2 is 1.53 bits per heavy atom. The van der Waals surface area contributed by atoms with E-state index in [4.69, 9.17) is 0 Å². The minimum absolute atomic E-state index is 0.0315. The normalized spacial score (nSPS) is 11.7. The van der Waals surface area contributed by atoms with Gasteiger partial charge in [0, 0.05) is 0 Å². The molecule has 0 bridgehead atoms. The summed E-state index contributed by atoms with van der Waals surface area (Å²) in [5.41, 5.74) is 0. The second-order valence-corrected chi connectivity index (χ2v) is 4.07. The molecule has 0 aromatic heterocycles. The number of hydrogen-bond acceptors (Lipinski definition) is 0. The number of unbranched alkanes of at least 4 members (excludes halogenated alkanes) is 7. The molecule has 0 atom stereocenters. The molecule has 0 aliphatic heterocycles. The first kappa shape index (κ1) is 14.4. The molecule has 0 unspecified atom stereocenters. The average Bonchev–Trinajstić information content (AvgIpc) is 2.22. The molecule has 0 rings (SSSR count). The van der Waals surface area contributed by atoms with E-state index in [0.29, 0.717) is 6.42 Å². The van der Waals surface area contributed by atoms with Gasteiger partial charge in [-0.15, -0.1) is 0 Å². The Kier molecular flexibility index (Phi) is 11.0. The van der Waals surface area contributed by atoms with Crippen molar-refractivity contribution in [2.24, 2.45) is 0 Å². The van der Waals surface area contributed by atoms with E-state index in [0.717, 1.165) is 12.8 Å². The van der Waals surface area contributed by atoms with Crippen molar-refractivity contribution in [2.45, 2.75) is 64.7 Å². The molecule has 0 saturated heterocycles. The molecular weight excluding hydrogens is 187 g/mol. The Bertz CT molecular complexity index is 170. The summed E-state index contributed by atoms with van der Waals surface area (Å²) in [5.74, 6) is -0.0315. The first-order chi connectivity index (χ1) is 7.31. The summed E-state index contributed by atoms with van der Waals surface area (Å²) < 4.78 is 12.9. The van der Waals surface area contributed by atoms with Gasteiger partial charge in [0.15, 0.2) is 0 Å². The molecule has 0 aromatic carbocycles. The van der Waals surface area contributed by atoms with Crippen LogP contribution in [0.4, 0.5) is 4.39 Å². The van der Waals surface area contributed by atoms with Gasteiger partial charge in [0.05, 0.1) is 5.83 Å². The van der Waals surface area contributed by atoms with Crippen molar-refractivity contribution in [3.05, 3.63) is 24.6 Å². The highest BCUT2D eigenvalue weighted by Crippen LogP contribution is 2.13. The minimum Gasteiger partial charge on any atom is -0.212 e. The lowest BCUT2D eigenvalue weighted by atomic mass is 10.1. The summed E-state index contributed by atoms with van der Waals surface area (Å²) in [7, 11) is 0. The van der Waals surface area contributed by atoms with Gasteiger partial charge in [-0.3, -0.25) is 0 Å². The highest BCUT2D eigenvalue weighted by molar-refractivity contribution is 5.02. The lowest BCUT2D eigenvalue weighted by molar-refractivity contribution is 0.534. The maximum absolute atomic E-state index is 12.9. The molecule has 0 amide bonds. The molecule has 15 heavy (non-hydrogen) atoms. The van der Waals surface area contributed by atoms with Gasteiger partial charge in [0.1, 0.15) is 0 Å². The van der Waals surface area contributed by atoms with Gasteiger partial charge in [0.25, 0.3) is 0 Å². The fourth-order valence-electron chi connectivity index (χ4n) is 1.64. The Hall–Kier alpha value is -0.590. The number of rotatable bonds is 10. The van der Waals surface area contributed by atoms with E-state index in [-0.39, 0.29) is 5.83 Å². The molecule has 0 aromatic rings. The van der Waals surface area contributed by atoms with Crippen LogP contribution >= 0.6 is 0 Å². The molecule has 0 aliphatic rings. The Balaban J connectivity index is 3.11. The van der Waals surface area contributed by atoms with Gasteiger partial charge in [0.2, 0.25) is 0 Å². The molecule has 0 saturated carbocycles. The van der Waals surface area contributed by atoms with Crippen LogP contribution in [0.5, 0.6) is 0 Å². The van der Waals surface area contributed by atoms with Crippen molar-refractivity contribution in [2.75, 3.05) is 0 Å². The molecule has 0 nitrogen and oxygen atoms in total. The SMILES string of the molecule is C=C/C=C(/F)CCCCCCCCCC. The molecule has 0 radical (unpaired) electrons. The van der Waals surface area contributed by atoms with Crippen molar-refractivity contribution >= 4 is 0 Å². The fourth-order valence-corrected chi connectivity index (χ4v) is 1.64. The highest BCUT2D eigenvalue weighted by Gasteiger charge is 1.94. The topological polar surface area (TPSA) is 0 Å². The quantitative estimate of drug-likeness (QED) is 0.328. The monoisotopic (exact) mass is 212 g/mol. The highest BCUT2D eigenvalue weighted by atomic mass is 19.1. The van der Waals surface area contributed by atoms with E-state index in [9.17, 15) is 4.39 Å². The van der Waals surface area contributed by atoms with Crippen LogP contribution in [0.2, 0.25) is 0 Å². The third kappa shape index (κ3) is 11.3. The summed E-state index contributed by atoms with van der Waals surface area (Å²) >= 11 is 0. The molecule has 1 heteroatoms. The molecule has 0 heterocycles. The zero-order valence-electron chi connectivity index (χ0n) is 10.1. The second kappa shape index (κ2) is 11.5. The van der Waals surface area contributed by atoms with Gasteiger partial charge < -0.3 is 0 Å². The largest absolute Gasteiger partial charge is 0.212 e. The van der Waals surface area contributed by atoms with Gasteiger partial charge in [-0.2, -0.15) is 0 Å². The van der Waals surface area contributed by atoms with E-state index in [1.54, 1.807) is 0 Å². The molecule has 0 spiro atoms. The predicted octanol–water partition coefficient (Wildman–Crippen LogP) is 5.56. The Labute approximate surface area is 94.3 Å². The van der Waals surface area contributed by atoms with Crippen LogP contribution in [-0.2, 0) is 0 Å². The summed E-state index contributed by atoms with van der Waals surface area (Å²) in [4.78, 5) is 0. The Morgan fingerprint density at radius 3 is 2.07 bits per heavy atom. The molecule has 0 aliphatic carbocycles. The van der Waals surface area contributed by atoms with Crippen molar-refractivity contribution in [3.8, 4) is 0 Å². The number of hydrogen-bond donors (Lipinski definition) is 0. The lowest BCUT2D eigenvalue weighted by Gasteiger charge is -2.00. The minimum atomic E-state index is -0.0315. The molecule has 0 fully saturated rings. The van der Waals surface area contributed by atoms with Crippen LogP contribution < -0.4 is 0 Å². The van der Waals surface area contributed by atoms with Crippen LogP contribution in [0.3, 0.4) is 0 Å². The van der Waals surface area contributed by atoms with Crippen LogP contribution in [0.25, 0.3) is 0 Å². The van der Waals surface area contributed by atoms with E-state index < -0.39 is 0 Å². The summed E-state index contributed by atoms with van der Waals surface area (Å²) in [6, 6.07) is 0. The lowest BCUT2D eigenvalue weighted by Crippen LogP contribution is -1.81. The third-order valence-electron chi connectivity index (χ3n) is 2.57. The van der Waals surface area contributed by atoms with Gasteiger partial charge in [-0.1, -0.05) is 64.5 Å². The van der Waals surface area contributed by atoms with Crippen molar-refractivity contribution in [1.29, 1.82) is 0 Å². The van der Waals surface area contributed by atoms with E-state index in [2.05, 4.69) is 13.5 Å². The smallest absolute Gasteiger partial charge is 0.0999 e. The average molecular weight is 212 g/mol. The second-order valence-electron chi connectivity index (χ2n) is 4.07. The summed E-state index contributed by atoms with van der Waals surface area (Å²) in [6.07, 6.45) is 13.6. The number of halogens is 1. The van der Waals surface area contributed by atoms with Gasteiger partial charge >= 0.3 is 0 Å². The zero-order valence-corrected chi connectivity index (χ0v) is 10.1. The summed E-state index contributed by atoms with van der Waals surface area (Å²) in [6.45, 7) is 5.70.